The van der Waals surface area contributed by atoms with Gasteiger partial charge in [-0.1, -0.05) is 29.8 Å². The first-order chi connectivity index (χ1) is 15.0. The van der Waals surface area contributed by atoms with Crippen LogP contribution in [0.4, 0.5) is 11.4 Å². The Bertz CT molecular complexity index is 1060. The number of hydrogen-bond donors (Lipinski definition) is 1. The summed E-state index contributed by atoms with van der Waals surface area (Å²) in [6, 6.07) is 18.0. The summed E-state index contributed by atoms with van der Waals surface area (Å²) < 4.78 is 16.2. The van der Waals surface area contributed by atoms with E-state index in [-0.39, 0.29) is 23.8 Å². The van der Waals surface area contributed by atoms with E-state index in [0.717, 1.165) is 22.6 Å². The van der Waals surface area contributed by atoms with E-state index in [1.165, 1.54) is 19.4 Å². The minimum absolute atomic E-state index is 0.0772. The Hall–Kier alpha value is -4.07. The molecule has 0 heterocycles. The predicted octanol–water partition coefficient (Wildman–Crippen LogP) is 4.95. The Morgan fingerprint density at radius 1 is 1.03 bits per heavy atom. The smallest absolute Gasteiger partial charge is 0.315 e. The van der Waals surface area contributed by atoms with Gasteiger partial charge in [0.2, 0.25) is 5.75 Å². The van der Waals surface area contributed by atoms with Crippen LogP contribution in [0.15, 0.2) is 65.8 Å². The van der Waals surface area contributed by atoms with E-state index >= 15 is 0 Å². The molecule has 0 aliphatic carbocycles. The van der Waals surface area contributed by atoms with Gasteiger partial charge in [0.15, 0.2) is 5.75 Å². The quantitative estimate of drug-likeness (QED) is 0.299. The van der Waals surface area contributed by atoms with Crippen molar-refractivity contribution in [3.63, 3.8) is 0 Å². The molecule has 1 N–H and O–H groups in total. The highest BCUT2D eigenvalue weighted by molar-refractivity contribution is 5.83. The Balaban J connectivity index is 1.79. The molecule has 0 unspecified atom stereocenters. The highest BCUT2D eigenvalue weighted by Crippen LogP contribution is 2.38. The van der Waals surface area contributed by atoms with Crippen LogP contribution in [0.1, 0.15) is 16.7 Å². The monoisotopic (exact) mass is 421 g/mol. The molecule has 8 heteroatoms. The first-order valence-corrected chi connectivity index (χ1v) is 9.48. The molecule has 0 bridgehead atoms. The lowest BCUT2D eigenvalue weighted by Crippen LogP contribution is -2.03. The number of hydrogen-bond acceptors (Lipinski definition) is 7. The van der Waals surface area contributed by atoms with E-state index in [1.807, 2.05) is 31.2 Å². The van der Waals surface area contributed by atoms with Gasteiger partial charge in [-0.15, -0.1) is 0 Å². The van der Waals surface area contributed by atoms with Gasteiger partial charge in [0.1, 0.15) is 12.4 Å². The molecule has 31 heavy (non-hydrogen) atoms. The molecule has 0 amide bonds. The summed E-state index contributed by atoms with van der Waals surface area (Å²) in [7, 11) is 3.03. The topological polar surface area (TPSA) is 95.2 Å². The molecule has 0 fully saturated rings. The maximum atomic E-state index is 11.7. The second kappa shape index (κ2) is 10.1. The maximum Gasteiger partial charge on any atom is 0.315 e. The molecule has 3 rings (SSSR count). The van der Waals surface area contributed by atoms with Crippen molar-refractivity contribution >= 4 is 17.6 Å². The maximum absolute atomic E-state index is 11.7. The van der Waals surface area contributed by atoms with Crippen LogP contribution in [0.2, 0.25) is 0 Å². The van der Waals surface area contributed by atoms with Gasteiger partial charge in [-0.3, -0.25) is 15.5 Å². The Labute approximate surface area is 180 Å². The number of nitro benzene ring substituents is 1. The zero-order chi connectivity index (χ0) is 22.2. The first-order valence-electron chi connectivity index (χ1n) is 9.48. The number of hydrazone groups is 1. The minimum atomic E-state index is -0.499. The molecule has 0 aliphatic heterocycles. The van der Waals surface area contributed by atoms with Crippen molar-refractivity contribution in [3.8, 4) is 17.2 Å². The summed E-state index contributed by atoms with van der Waals surface area (Å²) in [6.45, 7) is 2.17. The third-order valence-electron chi connectivity index (χ3n) is 4.48. The molecule has 0 aromatic heterocycles. The number of nitro groups is 1. The molecule has 0 radical (unpaired) electrons. The first kappa shape index (κ1) is 21.6. The van der Waals surface area contributed by atoms with Gasteiger partial charge in [0, 0.05) is 11.6 Å². The fourth-order valence-electron chi connectivity index (χ4n) is 2.80. The van der Waals surface area contributed by atoms with Crippen LogP contribution >= 0.6 is 0 Å². The summed E-state index contributed by atoms with van der Waals surface area (Å²) in [6.07, 6.45) is 1.48. The number of rotatable bonds is 9. The number of methoxy groups -OCH3 is 2. The second-order valence-corrected chi connectivity index (χ2v) is 6.70. The van der Waals surface area contributed by atoms with Crippen molar-refractivity contribution in [3.05, 3.63) is 87.5 Å². The summed E-state index contributed by atoms with van der Waals surface area (Å²) >= 11 is 0. The van der Waals surface area contributed by atoms with E-state index in [0.29, 0.717) is 5.56 Å². The average molecular weight is 421 g/mol. The lowest BCUT2D eigenvalue weighted by Gasteiger charge is -2.12. The fraction of sp³-hybridized carbons (Fsp3) is 0.174. The molecule has 0 aliphatic rings. The summed E-state index contributed by atoms with van der Waals surface area (Å²) in [5.74, 6) is 1.07. The molecule has 0 saturated carbocycles. The average Bonchev–Trinajstić information content (AvgIpc) is 2.79. The zero-order valence-corrected chi connectivity index (χ0v) is 17.5. The van der Waals surface area contributed by atoms with Crippen LogP contribution in [0.3, 0.4) is 0 Å². The van der Waals surface area contributed by atoms with Gasteiger partial charge in [0.25, 0.3) is 0 Å². The molecule has 0 atom stereocenters. The van der Waals surface area contributed by atoms with Crippen LogP contribution in [-0.4, -0.2) is 25.4 Å². The Morgan fingerprint density at radius 3 is 2.35 bits per heavy atom. The van der Waals surface area contributed by atoms with E-state index in [4.69, 9.17) is 14.2 Å². The fourth-order valence-corrected chi connectivity index (χ4v) is 2.80. The molecule has 0 saturated heterocycles. The highest BCUT2D eigenvalue weighted by Gasteiger charge is 2.22. The normalized spacial score (nSPS) is 10.7. The van der Waals surface area contributed by atoms with Gasteiger partial charge in [-0.05, 0) is 42.8 Å². The van der Waals surface area contributed by atoms with Crippen LogP contribution in [-0.2, 0) is 6.61 Å². The Kier molecular flexibility index (Phi) is 7.05. The summed E-state index contributed by atoms with van der Waals surface area (Å²) in [5.41, 5.74) is 5.93. The molecule has 160 valence electrons. The highest BCUT2D eigenvalue weighted by atomic mass is 16.6. The predicted molar refractivity (Wildman–Crippen MR) is 119 cm³/mol. The molecule has 3 aromatic carbocycles. The SMILES string of the molecule is COc1ccc(N/N=C/c2cc(OC)c(OCc3ccc(C)cc3)c([N+](=O)[O-])c2)cc1. The van der Waals surface area contributed by atoms with E-state index < -0.39 is 4.92 Å². The molecule has 0 spiro atoms. The number of nitrogens with zero attached hydrogens (tertiary/aromatic N) is 2. The van der Waals surface area contributed by atoms with Crippen molar-refractivity contribution in [1.29, 1.82) is 0 Å². The number of anilines is 1. The molecular formula is C23H23N3O5. The minimum Gasteiger partial charge on any atom is -0.497 e. The third kappa shape index (κ3) is 5.72. The molecular weight excluding hydrogens is 398 g/mol. The van der Waals surface area contributed by atoms with Crippen molar-refractivity contribution in [2.75, 3.05) is 19.6 Å². The standard InChI is InChI=1S/C23H23N3O5/c1-16-4-6-17(7-5-16)15-31-23-21(26(27)28)12-18(13-22(23)30-3)14-24-25-19-8-10-20(29-2)11-9-19/h4-14,25H,15H2,1-3H3/b24-14+. The molecule has 8 nitrogen and oxygen atoms in total. The summed E-state index contributed by atoms with van der Waals surface area (Å²) in [4.78, 5) is 11.2. The third-order valence-corrected chi connectivity index (χ3v) is 4.48. The van der Waals surface area contributed by atoms with Gasteiger partial charge in [0.05, 0.1) is 31.0 Å². The van der Waals surface area contributed by atoms with Crippen LogP contribution in [0.5, 0.6) is 17.2 Å². The number of ether oxygens (including phenoxy) is 3. The second-order valence-electron chi connectivity index (χ2n) is 6.70. The van der Waals surface area contributed by atoms with Crippen molar-refractivity contribution in [2.45, 2.75) is 13.5 Å². The van der Waals surface area contributed by atoms with E-state index in [1.54, 1.807) is 37.4 Å². The van der Waals surface area contributed by atoms with Gasteiger partial charge in [-0.25, -0.2) is 0 Å². The van der Waals surface area contributed by atoms with Gasteiger partial charge in [-0.2, -0.15) is 5.10 Å². The van der Waals surface area contributed by atoms with E-state index in [9.17, 15) is 10.1 Å². The van der Waals surface area contributed by atoms with Crippen molar-refractivity contribution < 1.29 is 19.1 Å². The lowest BCUT2D eigenvalue weighted by molar-refractivity contribution is -0.386. The van der Waals surface area contributed by atoms with Crippen molar-refractivity contribution in [1.82, 2.24) is 0 Å². The zero-order valence-electron chi connectivity index (χ0n) is 17.5. The summed E-state index contributed by atoms with van der Waals surface area (Å²) in [5, 5.41) is 15.8. The Morgan fingerprint density at radius 2 is 1.74 bits per heavy atom. The van der Waals surface area contributed by atoms with Gasteiger partial charge >= 0.3 is 5.69 Å². The number of aryl methyl sites for hydroxylation is 1. The van der Waals surface area contributed by atoms with Crippen LogP contribution in [0.25, 0.3) is 0 Å². The van der Waals surface area contributed by atoms with Crippen LogP contribution < -0.4 is 19.6 Å². The van der Waals surface area contributed by atoms with E-state index in [2.05, 4.69) is 10.5 Å². The van der Waals surface area contributed by atoms with Crippen molar-refractivity contribution in [2.24, 2.45) is 5.10 Å². The lowest BCUT2D eigenvalue weighted by atomic mass is 10.1. The number of benzene rings is 3. The molecule has 3 aromatic rings. The largest absolute Gasteiger partial charge is 0.497 e. The number of nitrogens with one attached hydrogen (secondary N) is 1. The van der Waals surface area contributed by atoms with Gasteiger partial charge < -0.3 is 14.2 Å². The van der Waals surface area contributed by atoms with Crippen LogP contribution in [0, 0.1) is 17.0 Å².